The second-order valence-electron chi connectivity index (χ2n) is 7.25. The fourth-order valence-electron chi connectivity index (χ4n) is 3.25. The number of anilines is 1. The maximum Gasteiger partial charge on any atom is 0.229 e. The SMILES string of the molecule is COc1ccc(-c2nonc2NC(=O)[C@@H]2[C@H](C=C(C)C)C2(C)C)cc1. The number of ether oxygens (including phenoxy) is 1. The van der Waals surface area contributed by atoms with E-state index in [1.807, 2.05) is 38.1 Å². The van der Waals surface area contributed by atoms with Gasteiger partial charge in [-0.2, -0.15) is 0 Å². The van der Waals surface area contributed by atoms with Crippen molar-refractivity contribution in [3.8, 4) is 17.0 Å². The van der Waals surface area contributed by atoms with Crippen LogP contribution in [0.5, 0.6) is 5.75 Å². The molecule has 3 rings (SSSR count). The van der Waals surface area contributed by atoms with Crippen molar-refractivity contribution >= 4 is 11.7 Å². The fourth-order valence-corrected chi connectivity index (χ4v) is 3.25. The minimum absolute atomic E-state index is 0.0568. The van der Waals surface area contributed by atoms with Gasteiger partial charge in [0.1, 0.15) is 5.75 Å². The van der Waals surface area contributed by atoms with E-state index in [1.54, 1.807) is 7.11 Å². The van der Waals surface area contributed by atoms with E-state index >= 15 is 0 Å². The summed E-state index contributed by atoms with van der Waals surface area (Å²) in [7, 11) is 1.61. The number of nitrogens with one attached hydrogen (secondary N) is 1. The Morgan fingerprint density at radius 1 is 1.24 bits per heavy atom. The lowest BCUT2D eigenvalue weighted by Gasteiger charge is -2.05. The van der Waals surface area contributed by atoms with Gasteiger partial charge in [-0.15, -0.1) is 0 Å². The molecule has 132 valence electrons. The van der Waals surface area contributed by atoms with E-state index in [2.05, 4.69) is 35.6 Å². The number of hydrogen-bond acceptors (Lipinski definition) is 5. The first kappa shape index (κ1) is 17.2. The standard InChI is InChI=1S/C19H23N3O3/c1-11(2)10-14-15(19(14,3)4)18(23)20-17-16(21-25-22-17)12-6-8-13(24-5)9-7-12/h6-10,14-15H,1-5H3,(H,20,22,23)/t14-,15-/m0/s1. The largest absolute Gasteiger partial charge is 0.497 e. The molecule has 0 saturated heterocycles. The van der Waals surface area contributed by atoms with Crippen LogP contribution in [0.25, 0.3) is 11.3 Å². The third kappa shape index (κ3) is 3.29. The highest BCUT2D eigenvalue weighted by Gasteiger charge is 2.60. The van der Waals surface area contributed by atoms with Crippen LogP contribution in [-0.2, 0) is 4.79 Å². The van der Waals surface area contributed by atoms with Crippen LogP contribution in [0.15, 0.2) is 40.5 Å². The van der Waals surface area contributed by atoms with Crippen LogP contribution in [0.3, 0.4) is 0 Å². The molecule has 0 bridgehead atoms. The molecule has 1 aromatic heterocycles. The van der Waals surface area contributed by atoms with Crippen molar-refractivity contribution in [1.82, 2.24) is 10.3 Å². The summed E-state index contributed by atoms with van der Waals surface area (Å²) < 4.78 is 10.00. The number of methoxy groups -OCH3 is 1. The number of hydrogen-bond donors (Lipinski definition) is 1. The van der Waals surface area contributed by atoms with E-state index < -0.39 is 0 Å². The van der Waals surface area contributed by atoms with Gasteiger partial charge in [0.05, 0.1) is 13.0 Å². The molecule has 1 aliphatic rings. The average molecular weight is 341 g/mol. The van der Waals surface area contributed by atoms with E-state index in [0.717, 1.165) is 11.3 Å². The summed E-state index contributed by atoms with van der Waals surface area (Å²) in [5.74, 6) is 1.19. The summed E-state index contributed by atoms with van der Waals surface area (Å²) in [6, 6.07) is 7.34. The number of allylic oxidation sites excluding steroid dienone is 2. The summed E-state index contributed by atoms with van der Waals surface area (Å²) in [4.78, 5) is 12.7. The predicted octanol–water partition coefficient (Wildman–Crippen LogP) is 3.92. The molecular weight excluding hydrogens is 318 g/mol. The molecule has 0 spiro atoms. The summed E-state index contributed by atoms with van der Waals surface area (Å²) in [5, 5.41) is 10.7. The molecular formula is C19H23N3O3. The Bertz CT molecular complexity index is 802. The van der Waals surface area contributed by atoms with Crippen LogP contribution < -0.4 is 10.1 Å². The van der Waals surface area contributed by atoms with Crippen LogP contribution in [0.4, 0.5) is 5.82 Å². The van der Waals surface area contributed by atoms with Crippen LogP contribution in [0, 0.1) is 17.3 Å². The molecule has 6 nitrogen and oxygen atoms in total. The highest BCUT2D eigenvalue weighted by molar-refractivity contribution is 5.97. The summed E-state index contributed by atoms with van der Waals surface area (Å²) in [5.41, 5.74) is 2.47. The van der Waals surface area contributed by atoms with Crippen molar-refractivity contribution in [2.24, 2.45) is 17.3 Å². The zero-order chi connectivity index (χ0) is 18.2. The Morgan fingerprint density at radius 3 is 2.52 bits per heavy atom. The molecule has 1 aromatic carbocycles. The zero-order valence-electron chi connectivity index (χ0n) is 15.2. The van der Waals surface area contributed by atoms with Gasteiger partial charge in [-0.25, -0.2) is 4.63 Å². The smallest absolute Gasteiger partial charge is 0.229 e. The van der Waals surface area contributed by atoms with Gasteiger partial charge in [0.25, 0.3) is 0 Å². The van der Waals surface area contributed by atoms with Crippen molar-refractivity contribution in [1.29, 1.82) is 0 Å². The van der Waals surface area contributed by atoms with Crippen LogP contribution in [-0.4, -0.2) is 23.3 Å². The molecule has 0 unspecified atom stereocenters. The third-order valence-corrected chi connectivity index (χ3v) is 4.80. The van der Waals surface area contributed by atoms with Crippen molar-refractivity contribution in [2.75, 3.05) is 12.4 Å². The molecule has 6 heteroatoms. The van der Waals surface area contributed by atoms with E-state index in [9.17, 15) is 4.79 Å². The summed E-state index contributed by atoms with van der Waals surface area (Å²) in [6.07, 6.45) is 2.16. The van der Waals surface area contributed by atoms with E-state index in [0.29, 0.717) is 11.5 Å². The lowest BCUT2D eigenvalue weighted by molar-refractivity contribution is -0.118. The average Bonchev–Trinajstić information content (AvgIpc) is 2.90. The monoisotopic (exact) mass is 341 g/mol. The lowest BCUT2D eigenvalue weighted by atomic mass is 10.1. The fraction of sp³-hybridized carbons (Fsp3) is 0.421. The van der Waals surface area contributed by atoms with Crippen LogP contribution in [0.1, 0.15) is 27.7 Å². The number of carbonyl (C=O) groups is 1. The van der Waals surface area contributed by atoms with E-state index in [1.165, 1.54) is 5.57 Å². The van der Waals surface area contributed by atoms with Gasteiger partial charge in [0.15, 0.2) is 5.69 Å². The molecule has 1 fully saturated rings. The third-order valence-electron chi connectivity index (χ3n) is 4.80. The zero-order valence-corrected chi connectivity index (χ0v) is 15.2. The number of aromatic nitrogens is 2. The second-order valence-corrected chi connectivity index (χ2v) is 7.25. The van der Waals surface area contributed by atoms with Gasteiger partial charge in [-0.05, 0) is 59.8 Å². The van der Waals surface area contributed by atoms with Crippen molar-refractivity contribution in [2.45, 2.75) is 27.7 Å². The quantitative estimate of drug-likeness (QED) is 0.834. The highest BCUT2D eigenvalue weighted by atomic mass is 16.6. The Kier molecular flexibility index (Phi) is 4.37. The molecule has 1 heterocycles. The number of amides is 1. The Balaban J connectivity index is 1.77. The summed E-state index contributed by atoms with van der Waals surface area (Å²) in [6.45, 7) is 8.30. The number of nitrogens with zero attached hydrogens (tertiary/aromatic N) is 2. The predicted molar refractivity (Wildman–Crippen MR) is 95.1 cm³/mol. The Morgan fingerprint density at radius 2 is 1.92 bits per heavy atom. The maximum absolute atomic E-state index is 12.7. The Hall–Kier alpha value is -2.63. The van der Waals surface area contributed by atoms with Gasteiger partial charge in [0.2, 0.25) is 11.7 Å². The number of rotatable bonds is 5. The van der Waals surface area contributed by atoms with Gasteiger partial charge in [0, 0.05) is 5.56 Å². The first-order valence-corrected chi connectivity index (χ1v) is 8.27. The topological polar surface area (TPSA) is 77.2 Å². The lowest BCUT2D eigenvalue weighted by Crippen LogP contribution is -2.17. The van der Waals surface area contributed by atoms with E-state index in [-0.39, 0.29) is 23.2 Å². The van der Waals surface area contributed by atoms with E-state index in [4.69, 9.17) is 9.37 Å². The number of carbonyl (C=O) groups excluding carboxylic acids is 1. The summed E-state index contributed by atoms with van der Waals surface area (Å²) >= 11 is 0. The minimum Gasteiger partial charge on any atom is -0.497 e. The van der Waals surface area contributed by atoms with Crippen molar-refractivity contribution in [3.63, 3.8) is 0 Å². The molecule has 1 aliphatic carbocycles. The first-order valence-electron chi connectivity index (χ1n) is 8.27. The molecule has 1 amide bonds. The van der Waals surface area contributed by atoms with Crippen LogP contribution in [0.2, 0.25) is 0 Å². The van der Waals surface area contributed by atoms with Gasteiger partial charge in [-0.1, -0.05) is 25.5 Å². The van der Waals surface area contributed by atoms with Crippen molar-refractivity contribution < 1.29 is 14.2 Å². The van der Waals surface area contributed by atoms with Crippen LogP contribution >= 0.6 is 0 Å². The molecule has 25 heavy (non-hydrogen) atoms. The van der Waals surface area contributed by atoms with Gasteiger partial charge in [-0.3, -0.25) is 4.79 Å². The molecule has 0 radical (unpaired) electrons. The molecule has 2 atom stereocenters. The second kappa shape index (κ2) is 6.35. The molecule has 0 aliphatic heterocycles. The van der Waals surface area contributed by atoms with Gasteiger partial charge < -0.3 is 10.1 Å². The normalized spacial score (nSPS) is 20.7. The number of benzene rings is 1. The highest BCUT2D eigenvalue weighted by Crippen LogP contribution is 2.59. The minimum atomic E-state index is -0.0807. The Labute approximate surface area is 147 Å². The molecule has 1 saturated carbocycles. The maximum atomic E-state index is 12.7. The molecule has 1 N–H and O–H groups in total. The van der Waals surface area contributed by atoms with Gasteiger partial charge >= 0.3 is 0 Å². The van der Waals surface area contributed by atoms with Crippen molar-refractivity contribution in [3.05, 3.63) is 35.9 Å². The molecule has 2 aromatic rings. The first-order chi connectivity index (χ1) is 11.8.